The van der Waals surface area contributed by atoms with E-state index < -0.39 is 30.2 Å². The molecule has 0 N–H and O–H groups in total. The van der Waals surface area contributed by atoms with Crippen LogP contribution >= 0.6 is 0 Å². The van der Waals surface area contributed by atoms with Gasteiger partial charge in [-0.25, -0.2) is 0 Å². The summed E-state index contributed by atoms with van der Waals surface area (Å²) >= 11 is 0. The SMILES string of the molecule is O=C([O-])CC(=O)N1CC(C(=O)[O-])C1. The number of carboxylic acids is 2. The van der Waals surface area contributed by atoms with Gasteiger partial charge in [-0.05, 0) is 0 Å². The molecule has 0 saturated carbocycles. The second-order valence-electron chi connectivity index (χ2n) is 2.86. The lowest BCUT2D eigenvalue weighted by Crippen LogP contribution is -2.57. The molecule has 0 bridgehead atoms. The first kappa shape index (κ1) is 9.50. The van der Waals surface area contributed by atoms with Crippen molar-refractivity contribution in [1.29, 1.82) is 0 Å². The molecule has 0 aromatic carbocycles. The van der Waals surface area contributed by atoms with Crippen molar-refractivity contribution >= 4 is 17.8 Å². The minimum atomic E-state index is -1.46. The summed E-state index contributed by atoms with van der Waals surface area (Å²) in [6.45, 7) is 0.0723. The van der Waals surface area contributed by atoms with Crippen LogP contribution in [0.4, 0.5) is 0 Å². The molecule has 1 fully saturated rings. The lowest BCUT2D eigenvalue weighted by molar-refractivity contribution is -0.315. The van der Waals surface area contributed by atoms with Crippen molar-refractivity contribution in [3.63, 3.8) is 0 Å². The Morgan fingerprint density at radius 1 is 1.23 bits per heavy atom. The topological polar surface area (TPSA) is 101 Å². The van der Waals surface area contributed by atoms with E-state index in [4.69, 9.17) is 0 Å². The fourth-order valence-corrected chi connectivity index (χ4v) is 1.07. The standard InChI is InChI=1S/C7H9NO5/c9-5(1-6(10)11)8-2-4(3-8)7(12)13/h4H,1-3H2,(H,10,11)(H,12,13)/p-2. The first-order valence-electron chi connectivity index (χ1n) is 3.69. The highest BCUT2D eigenvalue weighted by Gasteiger charge is 2.30. The Bertz CT molecular complexity index is 256. The van der Waals surface area contributed by atoms with Gasteiger partial charge in [0.05, 0.1) is 12.4 Å². The number of amides is 1. The van der Waals surface area contributed by atoms with E-state index in [1.165, 1.54) is 0 Å². The van der Waals surface area contributed by atoms with Crippen molar-refractivity contribution in [2.24, 2.45) is 5.92 Å². The highest BCUT2D eigenvalue weighted by atomic mass is 16.4. The number of rotatable bonds is 3. The quantitative estimate of drug-likeness (QED) is 0.422. The molecular weight excluding hydrogens is 178 g/mol. The van der Waals surface area contributed by atoms with E-state index in [-0.39, 0.29) is 13.1 Å². The second kappa shape index (κ2) is 3.42. The molecule has 1 saturated heterocycles. The minimum absolute atomic E-state index is 0.0362. The fraction of sp³-hybridized carbons (Fsp3) is 0.571. The van der Waals surface area contributed by atoms with Crippen LogP contribution in [0.2, 0.25) is 0 Å². The van der Waals surface area contributed by atoms with E-state index in [2.05, 4.69) is 0 Å². The largest absolute Gasteiger partial charge is 0.550 e. The Kier molecular flexibility index (Phi) is 2.50. The summed E-state index contributed by atoms with van der Waals surface area (Å²) < 4.78 is 0. The van der Waals surface area contributed by atoms with Gasteiger partial charge in [0.15, 0.2) is 0 Å². The highest BCUT2D eigenvalue weighted by molar-refractivity contribution is 5.93. The van der Waals surface area contributed by atoms with Crippen molar-refractivity contribution in [2.75, 3.05) is 13.1 Å². The number of likely N-dealkylation sites (tertiary alicyclic amines) is 1. The van der Waals surface area contributed by atoms with Crippen LogP contribution in [0, 0.1) is 5.92 Å². The molecule has 0 aromatic rings. The summed E-state index contributed by atoms with van der Waals surface area (Å²) in [7, 11) is 0. The monoisotopic (exact) mass is 185 g/mol. The predicted molar refractivity (Wildman–Crippen MR) is 34.7 cm³/mol. The first-order valence-corrected chi connectivity index (χ1v) is 3.69. The van der Waals surface area contributed by atoms with E-state index in [9.17, 15) is 24.6 Å². The molecule has 0 aliphatic carbocycles. The van der Waals surface area contributed by atoms with Crippen molar-refractivity contribution in [3.05, 3.63) is 0 Å². The van der Waals surface area contributed by atoms with Gasteiger partial charge < -0.3 is 24.7 Å². The highest BCUT2D eigenvalue weighted by Crippen LogP contribution is 2.15. The molecule has 13 heavy (non-hydrogen) atoms. The zero-order valence-corrected chi connectivity index (χ0v) is 6.69. The maximum atomic E-state index is 10.9. The maximum absolute atomic E-state index is 10.9. The lowest BCUT2D eigenvalue weighted by atomic mass is 10.0. The second-order valence-corrected chi connectivity index (χ2v) is 2.86. The van der Waals surface area contributed by atoms with Gasteiger partial charge in [0.2, 0.25) is 5.91 Å². The Morgan fingerprint density at radius 3 is 2.15 bits per heavy atom. The third-order valence-electron chi connectivity index (χ3n) is 1.86. The van der Waals surface area contributed by atoms with Crippen LogP contribution in [0.25, 0.3) is 0 Å². The molecule has 0 aromatic heterocycles. The van der Waals surface area contributed by atoms with Crippen LogP contribution in [0.5, 0.6) is 0 Å². The molecule has 6 nitrogen and oxygen atoms in total. The number of carbonyl (C=O) groups excluding carboxylic acids is 3. The average molecular weight is 185 g/mol. The number of aliphatic carboxylic acids is 2. The van der Waals surface area contributed by atoms with Crippen LogP contribution in [0.3, 0.4) is 0 Å². The Balaban J connectivity index is 2.31. The fourth-order valence-electron chi connectivity index (χ4n) is 1.07. The molecule has 1 rings (SSSR count). The van der Waals surface area contributed by atoms with Crippen LogP contribution in [-0.4, -0.2) is 35.8 Å². The summed E-state index contributed by atoms with van der Waals surface area (Å²) in [5.41, 5.74) is 0. The smallest absolute Gasteiger partial charge is 0.228 e. The Labute approximate surface area is 73.8 Å². The molecule has 1 aliphatic rings. The number of hydrogen-bond acceptors (Lipinski definition) is 5. The zero-order valence-electron chi connectivity index (χ0n) is 6.69. The summed E-state index contributed by atoms with van der Waals surface area (Å²) in [5, 5.41) is 20.2. The predicted octanol–water partition coefficient (Wildman–Crippen LogP) is -3.67. The Hall–Kier alpha value is -1.59. The van der Waals surface area contributed by atoms with E-state index in [1.54, 1.807) is 0 Å². The normalized spacial score (nSPS) is 16.5. The maximum Gasteiger partial charge on any atom is 0.228 e. The lowest BCUT2D eigenvalue weighted by Gasteiger charge is -2.39. The molecule has 0 spiro atoms. The Morgan fingerprint density at radius 2 is 1.77 bits per heavy atom. The molecule has 1 heterocycles. The van der Waals surface area contributed by atoms with Crippen LogP contribution in [0.15, 0.2) is 0 Å². The molecule has 6 heteroatoms. The average Bonchev–Trinajstić information content (AvgIpc) is 1.79. The van der Waals surface area contributed by atoms with Crippen LogP contribution < -0.4 is 10.2 Å². The van der Waals surface area contributed by atoms with Gasteiger partial charge in [-0.15, -0.1) is 0 Å². The molecule has 72 valence electrons. The molecule has 1 aliphatic heterocycles. The molecule has 0 unspecified atom stereocenters. The number of hydrogen-bond donors (Lipinski definition) is 0. The third-order valence-corrected chi connectivity index (χ3v) is 1.86. The van der Waals surface area contributed by atoms with Crippen LogP contribution in [0.1, 0.15) is 6.42 Å². The molecule has 1 amide bonds. The van der Waals surface area contributed by atoms with Gasteiger partial charge in [0.1, 0.15) is 0 Å². The summed E-state index contributed by atoms with van der Waals surface area (Å²) in [6, 6.07) is 0. The first-order chi connectivity index (χ1) is 6.00. The molecule has 0 atom stereocenters. The van der Waals surface area contributed by atoms with Gasteiger partial charge in [0, 0.05) is 25.0 Å². The number of nitrogens with zero attached hydrogens (tertiary/aromatic N) is 1. The van der Waals surface area contributed by atoms with E-state index in [0.29, 0.717) is 0 Å². The molecular formula is C7H7NO5-2. The van der Waals surface area contributed by atoms with Gasteiger partial charge in [-0.2, -0.15) is 0 Å². The van der Waals surface area contributed by atoms with Crippen molar-refractivity contribution in [1.82, 2.24) is 4.90 Å². The van der Waals surface area contributed by atoms with Crippen molar-refractivity contribution in [3.8, 4) is 0 Å². The summed E-state index contributed by atoms with van der Waals surface area (Å²) in [4.78, 5) is 32.2. The van der Waals surface area contributed by atoms with Gasteiger partial charge in [-0.3, -0.25) is 4.79 Å². The van der Waals surface area contributed by atoms with E-state index in [1.807, 2.05) is 0 Å². The van der Waals surface area contributed by atoms with E-state index >= 15 is 0 Å². The minimum Gasteiger partial charge on any atom is -0.550 e. The number of carbonyl (C=O) groups is 3. The van der Waals surface area contributed by atoms with Gasteiger partial charge >= 0.3 is 0 Å². The molecule has 0 radical (unpaired) electrons. The van der Waals surface area contributed by atoms with Gasteiger partial charge in [-0.1, -0.05) is 0 Å². The zero-order chi connectivity index (χ0) is 10.0. The van der Waals surface area contributed by atoms with Crippen molar-refractivity contribution in [2.45, 2.75) is 6.42 Å². The van der Waals surface area contributed by atoms with E-state index in [0.717, 1.165) is 4.90 Å². The van der Waals surface area contributed by atoms with Gasteiger partial charge in [0.25, 0.3) is 0 Å². The summed E-state index contributed by atoms with van der Waals surface area (Å²) in [6.07, 6.45) is -0.695. The summed E-state index contributed by atoms with van der Waals surface area (Å²) in [5.74, 6) is -3.94. The number of carboxylic acid groups (broad SMARTS) is 2. The third kappa shape index (κ3) is 2.17. The van der Waals surface area contributed by atoms with Crippen LogP contribution in [-0.2, 0) is 14.4 Å². The van der Waals surface area contributed by atoms with Crippen molar-refractivity contribution < 1.29 is 24.6 Å².